The first kappa shape index (κ1) is 14.4. The van der Waals surface area contributed by atoms with Gasteiger partial charge >= 0.3 is 0 Å². The Balaban J connectivity index is 1.31. The highest BCUT2D eigenvalue weighted by molar-refractivity contribution is 7.11. The van der Waals surface area contributed by atoms with Gasteiger partial charge < -0.3 is 0 Å². The van der Waals surface area contributed by atoms with Crippen LogP contribution in [-0.4, -0.2) is 41.0 Å². The van der Waals surface area contributed by atoms with Gasteiger partial charge in [-0.15, -0.1) is 11.3 Å². The first-order valence-electron chi connectivity index (χ1n) is 8.16. The average molecular weight is 313 g/mol. The summed E-state index contributed by atoms with van der Waals surface area (Å²) in [6, 6.07) is 10.8. The summed E-state index contributed by atoms with van der Waals surface area (Å²) in [5.41, 5.74) is 1.20. The van der Waals surface area contributed by atoms with Crippen molar-refractivity contribution in [1.29, 1.82) is 0 Å². The molecule has 4 rings (SSSR count). The van der Waals surface area contributed by atoms with E-state index in [9.17, 15) is 0 Å². The number of pyridine rings is 1. The van der Waals surface area contributed by atoms with E-state index in [1.165, 1.54) is 41.6 Å². The smallest absolute Gasteiger partial charge is 0.0543 e. The van der Waals surface area contributed by atoms with Crippen LogP contribution in [0.3, 0.4) is 0 Å². The van der Waals surface area contributed by atoms with E-state index < -0.39 is 0 Å². The Hall–Kier alpha value is -1.23. The molecule has 3 nitrogen and oxygen atoms in total. The Morgan fingerprint density at radius 3 is 2.32 bits per heavy atom. The molecule has 2 fully saturated rings. The minimum atomic E-state index is 0.852. The second kappa shape index (κ2) is 6.11. The maximum absolute atomic E-state index is 4.46. The van der Waals surface area contributed by atoms with Crippen LogP contribution < -0.4 is 0 Å². The van der Waals surface area contributed by atoms with Crippen LogP contribution in [-0.2, 0) is 13.1 Å². The molecular formula is C18H23N3S. The molecule has 4 heterocycles. The molecule has 0 saturated carbocycles. The molecule has 22 heavy (non-hydrogen) atoms. The zero-order valence-electron chi connectivity index (χ0n) is 13.1. The third-order valence-electron chi connectivity index (χ3n) is 4.92. The summed E-state index contributed by atoms with van der Waals surface area (Å²) < 4.78 is 0. The van der Waals surface area contributed by atoms with Crippen molar-refractivity contribution < 1.29 is 0 Å². The molecule has 2 aliphatic heterocycles. The van der Waals surface area contributed by atoms with Crippen molar-refractivity contribution in [3.8, 4) is 0 Å². The monoisotopic (exact) mass is 313 g/mol. The first-order chi connectivity index (χ1) is 10.8. The van der Waals surface area contributed by atoms with Gasteiger partial charge in [-0.05, 0) is 43.0 Å². The van der Waals surface area contributed by atoms with E-state index in [-0.39, 0.29) is 0 Å². The summed E-state index contributed by atoms with van der Waals surface area (Å²) in [4.78, 5) is 12.6. The van der Waals surface area contributed by atoms with Gasteiger partial charge in [0.05, 0.1) is 5.69 Å². The molecule has 0 N–H and O–H groups in total. The molecule has 4 heteroatoms. The summed E-state index contributed by atoms with van der Waals surface area (Å²) >= 11 is 1.94. The molecule has 2 saturated heterocycles. The van der Waals surface area contributed by atoms with Gasteiger partial charge in [0.15, 0.2) is 0 Å². The van der Waals surface area contributed by atoms with Crippen LogP contribution in [0.2, 0.25) is 0 Å². The van der Waals surface area contributed by atoms with Gasteiger partial charge in [-0.2, -0.15) is 0 Å². The minimum Gasteiger partial charge on any atom is -0.298 e. The fourth-order valence-corrected chi connectivity index (χ4v) is 4.89. The lowest BCUT2D eigenvalue weighted by Crippen LogP contribution is -2.28. The lowest BCUT2D eigenvalue weighted by Gasteiger charge is -2.20. The molecule has 0 spiro atoms. The average Bonchev–Trinajstić information content (AvgIpc) is 3.16. The van der Waals surface area contributed by atoms with E-state index in [1.54, 1.807) is 0 Å². The second-order valence-electron chi connectivity index (χ2n) is 6.74. The highest BCUT2D eigenvalue weighted by Gasteiger charge is 2.39. The van der Waals surface area contributed by atoms with Crippen molar-refractivity contribution >= 4 is 11.3 Å². The zero-order valence-corrected chi connectivity index (χ0v) is 13.9. The van der Waals surface area contributed by atoms with Gasteiger partial charge in [0.25, 0.3) is 0 Å². The van der Waals surface area contributed by atoms with Gasteiger partial charge in [-0.25, -0.2) is 0 Å². The van der Waals surface area contributed by atoms with E-state index in [0.717, 1.165) is 24.9 Å². The lowest BCUT2D eigenvalue weighted by atomic mass is 10.0. The molecule has 2 aliphatic rings. The first-order valence-corrected chi connectivity index (χ1v) is 8.98. The molecule has 0 amide bonds. The van der Waals surface area contributed by atoms with Crippen LogP contribution in [0.25, 0.3) is 0 Å². The van der Waals surface area contributed by atoms with Gasteiger partial charge in [0.1, 0.15) is 0 Å². The Bertz CT molecular complexity index is 610. The summed E-state index contributed by atoms with van der Waals surface area (Å²) in [5, 5.41) is 0. The van der Waals surface area contributed by atoms with Crippen molar-refractivity contribution in [2.75, 3.05) is 26.2 Å². The van der Waals surface area contributed by atoms with Gasteiger partial charge in [0.2, 0.25) is 0 Å². The standard InChI is InChI=1S/C18H23N3S/c1-14-5-6-18(22-14)13-21-10-15-8-20(9-16(15)11-21)12-17-4-2-3-7-19-17/h2-7,15-16H,8-13H2,1H3/t15-,16+. The van der Waals surface area contributed by atoms with Gasteiger partial charge in [-0.3, -0.25) is 14.8 Å². The van der Waals surface area contributed by atoms with Gasteiger partial charge in [-0.1, -0.05) is 6.07 Å². The second-order valence-corrected chi connectivity index (χ2v) is 8.11. The van der Waals surface area contributed by atoms with E-state index in [2.05, 4.69) is 46.0 Å². The number of aromatic nitrogens is 1. The highest BCUT2D eigenvalue weighted by Crippen LogP contribution is 2.33. The van der Waals surface area contributed by atoms with Crippen molar-refractivity contribution in [3.05, 3.63) is 52.0 Å². The Morgan fingerprint density at radius 1 is 1.00 bits per heavy atom. The number of nitrogens with zero attached hydrogens (tertiary/aromatic N) is 3. The van der Waals surface area contributed by atoms with Crippen LogP contribution in [0, 0.1) is 18.8 Å². The van der Waals surface area contributed by atoms with Crippen LogP contribution in [0.4, 0.5) is 0 Å². The molecule has 0 unspecified atom stereocenters. The third-order valence-corrected chi connectivity index (χ3v) is 5.91. The van der Waals surface area contributed by atoms with Crippen molar-refractivity contribution in [2.24, 2.45) is 11.8 Å². The fourth-order valence-electron chi connectivity index (χ4n) is 3.96. The van der Waals surface area contributed by atoms with E-state index in [4.69, 9.17) is 0 Å². The summed E-state index contributed by atoms with van der Waals surface area (Å²) in [7, 11) is 0. The number of rotatable bonds is 4. The summed E-state index contributed by atoms with van der Waals surface area (Å²) in [5.74, 6) is 1.70. The molecule has 0 aliphatic carbocycles. The Kier molecular flexibility index (Phi) is 3.99. The number of hydrogen-bond donors (Lipinski definition) is 0. The predicted octanol–water partition coefficient (Wildman–Crippen LogP) is 3.02. The van der Waals surface area contributed by atoms with Crippen LogP contribution >= 0.6 is 11.3 Å². The van der Waals surface area contributed by atoms with Crippen molar-refractivity contribution in [1.82, 2.24) is 14.8 Å². The normalized spacial score (nSPS) is 25.7. The SMILES string of the molecule is Cc1ccc(CN2C[C@H]3CN(Cc4ccccn4)C[C@H]3C2)s1. The molecule has 2 aromatic rings. The maximum atomic E-state index is 4.46. The highest BCUT2D eigenvalue weighted by atomic mass is 32.1. The molecule has 0 bridgehead atoms. The van der Waals surface area contributed by atoms with Crippen molar-refractivity contribution in [2.45, 2.75) is 20.0 Å². The molecular weight excluding hydrogens is 290 g/mol. The van der Waals surface area contributed by atoms with Crippen LogP contribution in [0.15, 0.2) is 36.5 Å². The predicted molar refractivity (Wildman–Crippen MR) is 90.8 cm³/mol. The minimum absolute atomic E-state index is 0.852. The largest absolute Gasteiger partial charge is 0.298 e. The molecule has 0 aromatic carbocycles. The van der Waals surface area contributed by atoms with E-state index >= 15 is 0 Å². The topological polar surface area (TPSA) is 19.4 Å². The van der Waals surface area contributed by atoms with Gasteiger partial charge in [0, 0.05) is 55.2 Å². The Labute approximate surface area is 136 Å². The molecule has 116 valence electrons. The van der Waals surface area contributed by atoms with Crippen LogP contribution in [0.5, 0.6) is 0 Å². The Morgan fingerprint density at radius 2 is 1.73 bits per heavy atom. The van der Waals surface area contributed by atoms with Crippen LogP contribution in [0.1, 0.15) is 15.4 Å². The lowest BCUT2D eigenvalue weighted by molar-refractivity contribution is 0.246. The quantitative estimate of drug-likeness (QED) is 0.865. The number of hydrogen-bond acceptors (Lipinski definition) is 4. The number of thiophene rings is 1. The van der Waals surface area contributed by atoms with Crippen molar-refractivity contribution in [3.63, 3.8) is 0 Å². The fraction of sp³-hybridized carbons (Fsp3) is 0.500. The summed E-state index contributed by atoms with van der Waals surface area (Å²) in [6.45, 7) is 9.36. The van der Waals surface area contributed by atoms with E-state index in [1.807, 2.05) is 23.6 Å². The number of aryl methyl sites for hydroxylation is 1. The molecule has 2 aromatic heterocycles. The number of fused-ring (bicyclic) bond motifs is 1. The molecule has 0 radical (unpaired) electrons. The zero-order chi connectivity index (χ0) is 14.9. The van der Waals surface area contributed by atoms with E-state index in [0.29, 0.717) is 0 Å². The maximum Gasteiger partial charge on any atom is 0.0543 e. The summed E-state index contributed by atoms with van der Waals surface area (Å²) in [6.07, 6.45) is 1.90. The third kappa shape index (κ3) is 3.09. The number of likely N-dealkylation sites (tertiary alicyclic amines) is 2. The molecule has 2 atom stereocenters.